The Morgan fingerprint density at radius 2 is 0.739 bits per heavy atom. The van der Waals surface area contributed by atoms with Crippen molar-refractivity contribution in [3.8, 4) is 0 Å². The molecule has 0 bridgehead atoms. The number of phosphoric ester groups is 2. The lowest BCUT2D eigenvalue weighted by molar-refractivity contribution is -0.120. The van der Waals surface area contributed by atoms with E-state index in [2.05, 4.69) is 30.1 Å². The second-order valence-electron chi connectivity index (χ2n) is 36.0. The molecule has 0 saturated carbocycles. The molecule has 6 aromatic rings. The van der Waals surface area contributed by atoms with Gasteiger partial charge in [-0.1, -0.05) is 149 Å². The van der Waals surface area contributed by atoms with Crippen molar-refractivity contribution in [1.29, 1.82) is 0 Å². The van der Waals surface area contributed by atoms with Gasteiger partial charge in [-0.15, -0.1) is 46.4 Å². The number of aliphatic hydroxyl groups is 4. The number of thioether (sulfide) groups is 4. The van der Waals surface area contributed by atoms with E-state index in [-0.39, 0.29) is 134 Å². The Morgan fingerprint density at radius 3 is 1.02 bits per heavy atom. The second-order valence-corrected chi connectivity index (χ2v) is 50.4. The predicted molar refractivity (Wildman–Crippen MR) is 521 cm³/mol. The van der Waals surface area contributed by atoms with Crippen LogP contribution in [0.4, 0.5) is 23.3 Å². The zero-order valence-electron chi connectivity index (χ0n) is 77.9. The molecule has 12 rings (SSSR count). The zero-order valence-corrected chi connectivity index (χ0v) is 87.7. The molecule has 6 fully saturated rings. The van der Waals surface area contributed by atoms with Crippen LogP contribution in [0, 0.1) is 21.7 Å². The van der Waals surface area contributed by atoms with E-state index >= 15 is 0 Å². The van der Waals surface area contributed by atoms with Crippen LogP contribution in [0.25, 0.3) is 0 Å². The molecule has 0 radical (unpaired) electrons. The van der Waals surface area contributed by atoms with Gasteiger partial charge in [0.25, 0.3) is 0 Å². The van der Waals surface area contributed by atoms with E-state index in [9.17, 15) is 77.0 Å². The predicted octanol–water partition coefficient (Wildman–Crippen LogP) is 9.71. The standard InChI is InChI=1S/2C24H34ClN4O8PS.2C17H25ClN3O7PS/c2*1-23(2,15-30)21(32)39-12-11-35-38(34,27-13-16-7-5-4-6-8-16)36-14-17-19(31)24(3,25)20(37-17)29-10-9-18(26)28-22(29)33;2*1-16(2,3)14(22)30-8-7-25-29(24)26-9-10-12(28-29)17(4,18)13(27-10)21-6-5-11(19)20-15(21)23/h2*4-10,17,19-20,30-31H,11-15H2,1-3H3,(H,27,34)(H2,26,28,33);2*5-6,10,12-13H,7-9H2,1-4H3,(H2,19,20,23)/t17-,19-,20-,24-,38+;17-,19-,20-,24-,38-;10-,12-,13-,17-,29?;10-,12-,13-,17-,29+/m1111/s1. The summed E-state index contributed by atoms with van der Waals surface area (Å²) in [5.41, 5.74) is 18.3. The van der Waals surface area contributed by atoms with E-state index in [0.717, 1.165) is 67.3 Å². The first-order chi connectivity index (χ1) is 64.2. The minimum atomic E-state index is -3.98. The Kier molecular flexibility index (Phi) is 41.0. The van der Waals surface area contributed by atoms with Crippen molar-refractivity contribution in [3.63, 3.8) is 0 Å². The molecule has 56 heteroatoms. The molecule has 768 valence electrons. The smallest absolute Gasteiger partial charge is 0.395 e. The lowest BCUT2D eigenvalue weighted by Crippen LogP contribution is -2.45. The van der Waals surface area contributed by atoms with E-state index in [1.54, 1.807) is 41.5 Å². The second kappa shape index (κ2) is 48.7. The molecule has 0 amide bonds. The fraction of sp³-hybridized carbons (Fsp3) is 0.610. The number of rotatable bonds is 36. The van der Waals surface area contributed by atoms with Crippen molar-refractivity contribution in [2.24, 2.45) is 21.7 Å². The average molecular weight is 2170 g/mol. The van der Waals surface area contributed by atoms with Gasteiger partial charge in [-0.2, -0.15) is 19.9 Å². The first-order valence-electron chi connectivity index (χ1n) is 42.8. The third kappa shape index (κ3) is 30.8. The summed E-state index contributed by atoms with van der Waals surface area (Å²) in [6.07, 6.45) is -6.36. The molecule has 6 aliphatic rings. The number of hydrogen-bond donors (Lipinski definition) is 10. The molecule has 0 aliphatic carbocycles. The number of carbonyl (C=O) groups excluding carboxylic acids is 4. The number of nitrogens with one attached hydrogen (secondary N) is 2. The SMILES string of the molecule is CC(C)(C)C(=O)SCCOP1(=O)OC[C@H]2O[C@@H](n3ccc(N)nc3=O)[C@](C)(Cl)[C@@H]2O1.CC(C)(C)C(=O)SCCO[P@@]1(=O)OC[C@H]2O[C@@H](n3ccc(N)nc3=O)[C@](C)(Cl)[C@@H]2O1.CC(C)(CO)C(=O)SCCO[P@@](=O)(NCc1ccccc1)OC[C@H]1O[C@@H](n2ccc(N)nc2=O)[C@](C)(Cl)[C@@H]1O.CC(C)(CO)C(=O)SCCO[P@](=O)(NCc1ccccc1)OC[C@H]1O[C@@H](n2ccc(N)nc2=O)[C@](C)(Cl)[C@@H]1O. The van der Waals surface area contributed by atoms with Crippen molar-refractivity contribution in [2.75, 3.05) is 112 Å². The molecular weight excluding hydrogens is 2050 g/mol. The fourth-order valence-electron chi connectivity index (χ4n) is 13.2. The van der Waals surface area contributed by atoms with E-state index in [1.807, 2.05) is 102 Å². The highest BCUT2D eigenvalue weighted by Crippen LogP contribution is 2.62. The number of nitrogen functional groups attached to an aromatic ring is 4. The Labute approximate surface area is 832 Å². The highest BCUT2D eigenvalue weighted by atomic mass is 35.5. The van der Waals surface area contributed by atoms with Gasteiger partial charge in [0.05, 0.1) is 76.9 Å². The van der Waals surface area contributed by atoms with E-state index in [4.69, 9.17) is 134 Å². The van der Waals surface area contributed by atoms with Gasteiger partial charge in [0.15, 0.2) is 45.4 Å². The van der Waals surface area contributed by atoms with Crippen LogP contribution in [0.15, 0.2) is 129 Å². The molecule has 4 aromatic heterocycles. The molecule has 0 spiro atoms. The van der Waals surface area contributed by atoms with Crippen molar-refractivity contribution >= 4 is 168 Å². The molecule has 2 aromatic carbocycles. The number of nitrogens with zero attached hydrogens (tertiary/aromatic N) is 8. The van der Waals surface area contributed by atoms with Crippen molar-refractivity contribution in [2.45, 2.75) is 203 Å². The molecule has 138 heavy (non-hydrogen) atoms. The number of aromatic nitrogens is 8. The highest BCUT2D eigenvalue weighted by Gasteiger charge is 2.63. The number of nitrogens with two attached hydrogens (primary N) is 4. The minimum absolute atomic E-state index is 0.00200. The Balaban J connectivity index is 0.000000207. The van der Waals surface area contributed by atoms with Crippen LogP contribution in [0.3, 0.4) is 0 Å². The van der Waals surface area contributed by atoms with Crippen molar-refractivity contribution < 1.29 is 122 Å². The lowest BCUT2D eigenvalue weighted by atomic mass is 9.97. The fourth-order valence-corrected chi connectivity index (χ4v) is 23.9. The lowest BCUT2D eigenvalue weighted by Gasteiger charge is -2.34. The van der Waals surface area contributed by atoms with Crippen LogP contribution >= 0.6 is 125 Å². The first kappa shape index (κ1) is 116. The number of ether oxygens (including phenoxy) is 4. The van der Waals surface area contributed by atoms with Gasteiger partial charge < -0.3 is 62.3 Å². The molecule has 6 saturated heterocycles. The summed E-state index contributed by atoms with van der Waals surface area (Å²) in [6, 6.07) is 24.0. The Bertz CT molecular complexity index is 5310. The van der Waals surface area contributed by atoms with Gasteiger partial charge >= 0.3 is 53.9 Å². The van der Waals surface area contributed by atoms with Gasteiger partial charge in [-0.25, -0.2) is 47.6 Å². The number of fused-ring (bicyclic) bond motifs is 2. The maximum absolute atomic E-state index is 13.6. The van der Waals surface area contributed by atoms with Gasteiger partial charge in [0.1, 0.15) is 91.6 Å². The summed E-state index contributed by atoms with van der Waals surface area (Å²) < 4.78 is 136. The summed E-state index contributed by atoms with van der Waals surface area (Å²) in [5.74, 6) is 1.11. The maximum atomic E-state index is 13.6. The summed E-state index contributed by atoms with van der Waals surface area (Å²) in [5, 5.41) is 45.6. The quantitative estimate of drug-likeness (QED) is 0.00993. The van der Waals surface area contributed by atoms with Crippen LogP contribution in [0.2, 0.25) is 0 Å². The summed E-state index contributed by atoms with van der Waals surface area (Å²) in [4.78, 5) is 107. The van der Waals surface area contributed by atoms with Crippen LogP contribution in [-0.4, -0.2) is 237 Å². The largest absolute Gasteiger partial charge is 0.475 e. The van der Waals surface area contributed by atoms with Crippen molar-refractivity contribution in [3.05, 3.63) is 163 Å². The van der Waals surface area contributed by atoms with Gasteiger partial charge in [-0.3, -0.25) is 82.7 Å². The van der Waals surface area contributed by atoms with Gasteiger partial charge in [-0.05, 0) is 90.8 Å². The molecule has 6 aliphatic heterocycles. The normalized spacial score (nSPS) is 28.9. The number of phosphoric acid groups is 2. The Morgan fingerprint density at radius 1 is 0.457 bits per heavy atom. The molecule has 10 heterocycles. The molecule has 44 nitrogen and oxygen atoms in total. The summed E-state index contributed by atoms with van der Waals surface area (Å²) >= 11 is 30.6. The van der Waals surface area contributed by atoms with Gasteiger partial charge in [0, 0.05) is 71.7 Å². The zero-order chi connectivity index (χ0) is 102. The molecular formula is C82H118Cl4N14O30P4S4. The number of halogens is 4. The minimum Gasteiger partial charge on any atom is -0.395 e. The van der Waals surface area contributed by atoms with E-state index in [0.29, 0.717) is 11.5 Å². The van der Waals surface area contributed by atoms with Crippen LogP contribution in [0.5, 0.6) is 0 Å². The number of alkyl halides is 4. The van der Waals surface area contributed by atoms with E-state index in [1.165, 1.54) is 72.0 Å². The van der Waals surface area contributed by atoms with Gasteiger partial charge in [0.2, 0.25) is 0 Å². The number of hydrogen-bond acceptors (Lipinski definition) is 42. The number of benzene rings is 2. The third-order valence-electron chi connectivity index (χ3n) is 21.4. The summed E-state index contributed by atoms with van der Waals surface area (Å²) in [6.45, 7) is 22.1. The third-order valence-corrected chi connectivity index (χ3v) is 33.9. The highest BCUT2D eigenvalue weighted by molar-refractivity contribution is 8.14. The Hall–Kier alpha value is -5.48. The monoisotopic (exact) mass is 2170 g/mol. The molecule has 1 unspecified atom stereocenters. The van der Waals surface area contributed by atoms with E-state index < -0.39 is 169 Å². The van der Waals surface area contributed by atoms with Crippen LogP contribution in [0.1, 0.15) is 133 Å². The summed E-state index contributed by atoms with van der Waals surface area (Å²) in [7, 11) is -15.8. The first-order valence-corrected chi connectivity index (χ1v) is 54.2. The van der Waals surface area contributed by atoms with Crippen LogP contribution in [-0.2, 0) is 115 Å². The molecule has 20 atom stereocenters. The number of carbonyl (C=O) groups is 4. The van der Waals surface area contributed by atoms with Crippen molar-refractivity contribution in [1.82, 2.24) is 48.4 Å². The number of anilines is 4. The maximum Gasteiger partial charge on any atom is 0.475 e. The topological polar surface area (TPSA) is 614 Å². The number of aliphatic hydroxyl groups excluding tert-OH is 4. The van der Waals surface area contributed by atoms with Crippen LogP contribution < -0.4 is 55.9 Å². The average Bonchev–Trinajstić information content (AvgIpc) is 1.56. The molecule has 14 N–H and O–H groups in total.